The van der Waals surface area contributed by atoms with Crippen molar-refractivity contribution >= 4 is 40.0 Å². The van der Waals surface area contributed by atoms with Crippen molar-refractivity contribution in [1.29, 1.82) is 0 Å². The summed E-state index contributed by atoms with van der Waals surface area (Å²) in [5.41, 5.74) is 1.13. The van der Waals surface area contributed by atoms with E-state index in [9.17, 15) is 24.6 Å². The number of benzene rings is 3. The van der Waals surface area contributed by atoms with Crippen LogP contribution in [0.4, 0.5) is 5.69 Å². The molecule has 0 radical (unpaired) electrons. The zero-order chi connectivity index (χ0) is 36.1. The molecule has 1 heterocycles. The molecule has 3 N–H and O–H groups in total. The van der Waals surface area contributed by atoms with Gasteiger partial charge in [-0.05, 0) is 68.0 Å². The number of nitrogens with zero attached hydrogens (tertiary/aromatic N) is 2. The minimum Gasteiger partial charge on any atom is -0.482 e. The van der Waals surface area contributed by atoms with Crippen molar-refractivity contribution in [3.05, 3.63) is 105 Å². The number of carbonyl (C=O) groups is 2. The summed E-state index contributed by atoms with van der Waals surface area (Å²) in [6, 6.07) is 22.3. The number of halogens is 1. The molecule has 2 amide bonds. The van der Waals surface area contributed by atoms with Gasteiger partial charge in [-0.15, -0.1) is 0 Å². The number of fused-ring (bicyclic) bond motifs is 1. The SMILES string of the molecule is CCCCCCCCc1ccc(CCC(CO)(CO)NC(=O)COc2c(C(=O)N(CC)c3ccccc3)c(=O)n(C)c3cccc(Cl)c23)cc1. The van der Waals surface area contributed by atoms with Gasteiger partial charge in [-0.3, -0.25) is 14.4 Å². The molecule has 0 aliphatic rings. The topological polar surface area (TPSA) is 121 Å². The Morgan fingerprint density at radius 3 is 2.14 bits per heavy atom. The van der Waals surface area contributed by atoms with E-state index in [-0.39, 0.29) is 29.3 Å². The quantitative estimate of drug-likeness (QED) is 0.0946. The molecule has 268 valence electrons. The van der Waals surface area contributed by atoms with Crippen LogP contribution in [0.15, 0.2) is 77.6 Å². The average molecular weight is 704 g/mol. The molecule has 50 heavy (non-hydrogen) atoms. The first-order valence-electron chi connectivity index (χ1n) is 17.6. The molecular formula is C40H50ClN3O6. The highest BCUT2D eigenvalue weighted by molar-refractivity contribution is 6.36. The lowest BCUT2D eigenvalue weighted by molar-refractivity contribution is -0.126. The van der Waals surface area contributed by atoms with Crippen molar-refractivity contribution in [1.82, 2.24) is 9.88 Å². The van der Waals surface area contributed by atoms with Gasteiger partial charge in [0, 0.05) is 19.3 Å². The number of hydrogen-bond donors (Lipinski definition) is 3. The average Bonchev–Trinajstić information content (AvgIpc) is 3.13. The zero-order valence-corrected chi connectivity index (χ0v) is 30.2. The maximum absolute atomic E-state index is 14.1. The van der Waals surface area contributed by atoms with Crippen molar-refractivity contribution in [2.45, 2.75) is 77.2 Å². The molecule has 0 atom stereocenters. The van der Waals surface area contributed by atoms with Crippen molar-refractivity contribution in [2.75, 3.05) is 31.3 Å². The van der Waals surface area contributed by atoms with Gasteiger partial charge in [-0.1, -0.05) is 99.2 Å². The highest BCUT2D eigenvalue weighted by Gasteiger charge is 2.32. The second-order valence-electron chi connectivity index (χ2n) is 12.9. The molecule has 0 saturated carbocycles. The van der Waals surface area contributed by atoms with Crippen LogP contribution in [0.5, 0.6) is 5.75 Å². The number of ether oxygens (including phenoxy) is 1. The van der Waals surface area contributed by atoms with E-state index in [0.29, 0.717) is 23.0 Å². The molecule has 0 aliphatic heterocycles. The first-order valence-corrected chi connectivity index (χ1v) is 18.0. The standard InChI is InChI=1S/C40H50ClN3O6/c1-4-6-7-8-9-11-15-29-20-22-30(23-21-29)24-25-40(27-45,28-46)42-34(47)26-50-37-35-32(41)18-14-19-33(35)43(3)38(48)36(37)39(49)44(5-2)31-16-12-10-13-17-31/h10,12-14,16-23,45-46H,4-9,11,15,24-28H2,1-3H3,(H,42,47). The fourth-order valence-electron chi connectivity index (χ4n) is 6.22. The summed E-state index contributed by atoms with van der Waals surface area (Å²) in [6.45, 7) is 2.68. The molecule has 1 aromatic heterocycles. The first kappa shape index (κ1) is 38.6. The van der Waals surface area contributed by atoms with Crippen LogP contribution in [0, 0.1) is 0 Å². The van der Waals surface area contributed by atoms with Gasteiger partial charge in [-0.2, -0.15) is 0 Å². The van der Waals surface area contributed by atoms with Gasteiger partial charge in [0.2, 0.25) is 0 Å². The molecule has 0 unspecified atom stereocenters. The minimum absolute atomic E-state index is 0.108. The van der Waals surface area contributed by atoms with Crippen LogP contribution in [0.1, 0.15) is 80.3 Å². The number of aryl methyl sites for hydroxylation is 3. The predicted molar refractivity (Wildman–Crippen MR) is 200 cm³/mol. The van der Waals surface area contributed by atoms with Crippen LogP contribution in [0.2, 0.25) is 5.02 Å². The summed E-state index contributed by atoms with van der Waals surface area (Å²) in [6.07, 6.45) is 9.31. The van der Waals surface area contributed by atoms with E-state index in [1.807, 2.05) is 6.07 Å². The van der Waals surface area contributed by atoms with Gasteiger partial charge in [0.1, 0.15) is 11.3 Å². The molecule has 0 spiro atoms. The van der Waals surface area contributed by atoms with E-state index in [4.69, 9.17) is 16.3 Å². The highest BCUT2D eigenvalue weighted by Crippen LogP contribution is 2.34. The molecule has 3 aromatic carbocycles. The number of hydrogen-bond acceptors (Lipinski definition) is 6. The molecule has 0 bridgehead atoms. The monoisotopic (exact) mass is 703 g/mol. The third kappa shape index (κ3) is 9.53. The molecule has 9 nitrogen and oxygen atoms in total. The second kappa shape index (κ2) is 18.7. The predicted octanol–water partition coefficient (Wildman–Crippen LogP) is 6.61. The summed E-state index contributed by atoms with van der Waals surface area (Å²) in [5.74, 6) is -1.35. The number of carbonyl (C=O) groups excluding carboxylic acids is 2. The molecule has 0 fully saturated rings. The molecular weight excluding hydrogens is 654 g/mol. The number of aromatic nitrogens is 1. The summed E-state index contributed by atoms with van der Waals surface area (Å²) in [4.78, 5) is 42.6. The first-order chi connectivity index (χ1) is 24.2. The van der Waals surface area contributed by atoms with E-state index < -0.39 is 42.7 Å². The molecule has 0 aliphatic carbocycles. The number of unbranched alkanes of at least 4 members (excludes halogenated alkanes) is 5. The molecule has 4 aromatic rings. The Balaban J connectivity index is 1.50. The summed E-state index contributed by atoms with van der Waals surface area (Å²) in [7, 11) is 1.55. The van der Waals surface area contributed by atoms with Crippen LogP contribution < -0.4 is 20.5 Å². The van der Waals surface area contributed by atoms with E-state index >= 15 is 0 Å². The Kier molecular flexibility index (Phi) is 14.5. The third-order valence-electron chi connectivity index (χ3n) is 9.26. The lowest BCUT2D eigenvalue weighted by Crippen LogP contribution is -2.55. The lowest BCUT2D eigenvalue weighted by Gasteiger charge is -2.31. The Hall–Kier alpha value is -4.18. The summed E-state index contributed by atoms with van der Waals surface area (Å²) < 4.78 is 7.37. The van der Waals surface area contributed by atoms with Crippen molar-refractivity contribution in [2.24, 2.45) is 7.05 Å². The fourth-order valence-corrected chi connectivity index (χ4v) is 6.48. The van der Waals surface area contributed by atoms with Crippen molar-refractivity contribution < 1.29 is 24.5 Å². The largest absolute Gasteiger partial charge is 0.482 e. The number of amides is 2. The second-order valence-corrected chi connectivity index (χ2v) is 13.3. The third-order valence-corrected chi connectivity index (χ3v) is 9.58. The number of nitrogens with one attached hydrogen (secondary N) is 1. The van der Waals surface area contributed by atoms with Crippen LogP contribution in [-0.2, 0) is 24.7 Å². The highest BCUT2D eigenvalue weighted by atomic mass is 35.5. The molecule has 10 heteroatoms. The van der Waals surface area contributed by atoms with Crippen molar-refractivity contribution in [3.8, 4) is 5.75 Å². The Morgan fingerprint density at radius 1 is 0.860 bits per heavy atom. The number of anilines is 1. The van der Waals surface area contributed by atoms with Gasteiger partial charge < -0.3 is 29.7 Å². The van der Waals surface area contributed by atoms with E-state index in [1.165, 1.54) is 47.1 Å². The van der Waals surface area contributed by atoms with Crippen LogP contribution in [-0.4, -0.2) is 58.5 Å². The number of para-hydroxylation sites is 1. The normalized spacial score (nSPS) is 11.5. The molecule has 4 rings (SSSR count). The fraction of sp³-hybridized carbons (Fsp3) is 0.425. The van der Waals surface area contributed by atoms with Gasteiger partial charge in [0.25, 0.3) is 17.4 Å². The molecule has 0 saturated heterocycles. The van der Waals surface area contributed by atoms with Crippen LogP contribution >= 0.6 is 11.6 Å². The van der Waals surface area contributed by atoms with E-state index in [0.717, 1.165) is 18.4 Å². The van der Waals surface area contributed by atoms with Gasteiger partial charge in [-0.25, -0.2) is 0 Å². The Bertz CT molecular complexity index is 1770. The lowest BCUT2D eigenvalue weighted by atomic mass is 9.92. The van der Waals surface area contributed by atoms with Crippen molar-refractivity contribution in [3.63, 3.8) is 0 Å². The number of aliphatic hydroxyl groups is 2. The smallest absolute Gasteiger partial charge is 0.267 e. The maximum atomic E-state index is 14.1. The maximum Gasteiger partial charge on any atom is 0.267 e. The summed E-state index contributed by atoms with van der Waals surface area (Å²) in [5, 5.41) is 24.0. The van der Waals surface area contributed by atoms with Gasteiger partial charge in [0.05, 0.1) is 34.7 Å². The number of aliphatic hydroxyl groups excluding tert-OH is 2. The van der Waals surface area contributed by atoms with Crippen LogP contribution in [0.3, 0.4) is 0 Å². The van der Waals surface area contributed by atoms with E-state index in [1.54, 1.807) is 56.4 Å². The number of rotatable bonds is 19. The number of pyridine rings is 1. The van der Waals surface area contributed by atoms with E-state index in [2.05, 4.69) is 36.5 Å². The van der Waals surface area contributed by atoms with Crippen LogP contribution in [0.25, 0.3) is 10.9 Å². The summed E-state index contributed by atoms with van der Waals surface area (Å²) >= 11 is 6.63. The van der Waals surface area contributed by atoms with Gasteiger partial charge >= 0.3 is 0 Å². The Labute approximate surface area is 299 Å². The zero-order valence-electron chi connectivity index (χ0n) is 29.4. The Morgan fingerprint density at radius 2 is 1.50 bits per heavy atom. The minimum atomic E-state index is -1.32. The van der Waals surface area contributed by atoms with Gasteiger partial charge in [0.15, 0.2) is 6.61 Å².